The van der Waals surface area contributed by atoms with Crippen LogP contribution >= 0.6 is 0 Å². The molecule has 5 nitrogen and oxygen atoms in total. The van der Waals surface area contributed by atoms with Gasteiger partial charge >= 0.3 is 0 Å². The zero-order chi connectivity index (χ0) is 26.2. The standard InChI is InChI=1S/C29H59N3O2Si/c1-7-8-9-10-11-12-14-17-20-25-23-26(25)21-18-15-13-16-19-22-28(27(24-33)31-32-30)34-35(5,6)29(2,3)4/h25-28,33H,7-24H2,1-6H3/t25-,26+,27-,28+/m0/s1. The first-order valence-electron chi connectivity index (χ1n) is 15.0. The summed E-state index contributed by atoms with van der Waals surface area (Å²) in [5.74, 6) is 2.07. The zero-order valence-electron chi connectivity index (χ0n) is 24.2. The minimum atomic E-state index is -1.99. The molecule has 1 N–H and O–H groups in total. The Labute approximate surface area is 218 Å². The van der Waals surface area contributed by atoms with Crippen LogP contribution in [0.25, 0.3) is 10.4 Å². The fraction of sp³-hybridized carbons (Fsp3) is 1.00. The van der Waals surface area contributed by atoms with Crippen LogP contribution in [0.2, 0.25) is 18.1 Å². The molecule has 0 aliphatic heterocycles. The fourth-order valence-electron chi connectivity index (χ4n) is 5.02. The van der Waals surface area contributed by atoms with Crippen molar-refractivity contribution in [3.63, 3.8) is 0 Å². The summed E-state index contributed by atoms with van der Waals surface area (Å²) in [6.07, 6.45) is 22.8. The molecule has 0 heterocycles. The quantitative estimate of drug-likeness (QED) is 0.0518. The van der Waals surface area contributed by atoms with Crippen molar-refractivity contribution in [2.24, 2.45) is 17.0 Å². The van der Waals surface area contributed by atoms with Crippen LogP contribution in [-0.4, -0.2) is 32.2 Å². The minimum absolute atomic E-state index is 0.0938. The number of hydrogen-bond acceptors (Lipinski definition) is 3. The van der Waals surface area contributed by atoms with Gasteiger partial charge in [-0.05, 0) is 48.3 Å². The van der Waals surface area contributed by atoms with Crippen LogP contribution in [0.4, 0.5) is 0 Å². The predicted octanol–water partition coefficient (Wildman–Crippen LogP) is 9.95. The van der Waals surface area contributed by atoms with Crippen LogP contribution < -0.4 is 0 Å². The van der Waals surface area contributed by atoms with Crippen molar-refractivity contribution < 1.29 is 9.53 Å². The number of aliphatic hydroxyl groups excluding tert-OH is 1. The molecule has 4 atom stereocenters. The molecule has 0 amide bonds. The van der Waals surface area contributed by atoms with E-state index in [0.717, 1.165) is 24.7 Å². The van der Waals surface area contributed by atoms with Crippen molar-refractivity contribution >= 4 is 8.32 Å². The van der Waals surface area contributed by atoms with Crippen molar-refractivity contribution in [3.05, 3.63) is 10.4 Å². The third kappa shape index (κ3) is 14.1. The fourth-order valence-corrected chi connectivity index (χ4v) is 6.41. The van der Waals surface area contributed by atoms with E-state index in [4.69, 9.17) is 9.96 Å². The van der Waals surface area contributed by atoms with Gasteiger partial charge in [-0.25, -0.2) is 0 Å². The Balaban J connectivity index is 2.14. The van der Waals surface area contributed by atoms with E-state index in [9.17, 15) is 5.11 Å². The molecule has 0 bridgehead atoms. The van der Waals surface area contributed by atoms with Gasteiger partial charge in [0.2, 0.25) is 0 Å². The van der Waals surface area contributed by atoms with Gasteiger partial charge in [0, 0.05) is 4.91 Å². The van der Waals surface area contributed by atoms with Gasteiger partial charge in [0.05, 0.1) is 18.8 Å². The van der Waals surface area contributed by atoms with E-state index in [1.54, 1.807) is 0 Å². The maximum absolute atomic E-state index is 9.77. The monoisotopic (exact) mass is 509 g/mol. The lowest BCUT2D eigenvalue weighted by molar-refractivity contribution is 0.107. The molecule has 6 heteroatoms. The third-order valence-electron chi connectivity index (χ3n) is 8.63. The van der Waals surface area contributed by atoms with Crippen molar-refractivity contribution in [2.75, 3.05) is 6.61 Å². The molecular weight excluding hydrogens is 450 g/mol. The topological polar surface area (TPSA) is 78.2 Å². The Bertz CT molecular complexity index is 587. The van der Waals surface area contributed by atoms with E-state index in [2.05, 4.69) is 50.8 Å². The second kappa shape index (κ2) is 17.8. The average molecular weight is 510 g/mol. The summed E-state index contributed by atoms with van der Waals surface area (Å²) >= 11 is 0. The number of nitrogens with zero attached hydrogens (tertiary/aromatic N) is 3. The van der Waals surface area contributed by atoms with Gasteiger partial charge in [0.25, 0.3) is 0 Å². The van der Waals surface area contributed by atoms with E-state index in [1.165, 1.54) is 96.3 Å². The maximum atomic E-state index is 9.77. The van der Waals surface area contributed by atoms with Crippen LogP contribution in [0.5, 0.6) is 0 Å². The Hall–Kier alpha value is -0.553. The smallest absolute Gasteiger partial charge is 0.192 e. The van der Waals surface area contributed by atoms with Gasteiger partial charge in [0.15, 0.2) is 8.32 Å². The van der Waals surface area contributed by atoms with E-state index in [1.807, 2.05) is 0 Å². The van der Waals surface area contributed by atoms with Gasteiger partial charge < -0.3 is 9.53 Å². The number of hydrogen-bond donors (Lipinski definition) is 1. The summed E-state index contributed by atoms with van der Waals surface area (Å²) in [6, 6.07) is -0.484. The lowest BCUT2D eigenvalue weighted by Crippen LogP contribution is -2.47. The van der Waals surface area contributed by atoms with Gasteiger partial charge in [-0.2, -0.15) is 0 Å². The highest BCUT2D eigenvalue weighted by Crippen LogP contribution is 2.46. The second-order valence-electron chi connectivity index (χ2n) is 12.7. The summed E-state index contributed by atoms with van der Waals surface area (Å²) in [7, 11) is -1.99. The van der Waals surface area contributed by atoms with Gasteiger partial charge in [-0.15, -0.1) is 0 Å². The highest BCUT2D eigenvalue weighted by atomic mass is 28.4. The maximum Gasteiger partial charge on any atom is 0.192 e. The molecule has 1 aliphatic rings. The van der Waals surface area contributed by atoms with Crippen LogP contribution in [0, 0.1) is 11.8 Å². The van der Waals surface area contributed by atoms with Gasteiger partial charge in [-0.1, -0.05) is 129 Å². The summed E-state index contributed by atoms with van der Waals surface area (Å²) in [5, 5.41) is 13.7. The van der Waals surface area contributed by atoms with Crippen LogP contribution in [0.3, 0.4) is 0 Å². The number of azide groups is 1. The first kappa shape index (κ1) is 32.5. The van der Waals surface area contributed by atoms with Crippen molar-refractivity contribution in [1.82, 2.24) is 0 Å². The molecule has 0 saturated heterocycles. The number of aliphatic hydroxyl groups is 1. The molecule has 1 aliphatic carbocycles. The van der Waals surface area contributed by atoms with Crippen molar-refractivity contribution in [2.45, 2.75) is 167 Å². The molecule has 1 rings (SSSR count). The summed E-state index contributed by atoms with van der Waals surface area (Å²) in [5.41, 5.74) is 8.92. The average Bonchev–Trinajstić information content (AvgIpc) is 3.55. The summed E-state index contributed by atoms with van der Waals surface area (Å²) in [4.78, 5) is 2.96. The molecule has 0 aromatic carbocycles. The SMILES string of the molecule is CCCCCCCCCC[C@H]1C[C@H]1CCCCCCC[C@@H](O[Si](C)(C)C(C)(C)C)[C@H](CO)N=[N+]=[N-]. The Morgan fingerprint density at radius 3 is 1.83 bits per heavy atom. The third-order valence-corrected chi connectivity index (χ3v) is 13.1. The number of unbranched alkanes of at least 4 members (excludes halogenated alkanes) is 11. The minimum Gasteiger partial charge on any atom is -0.413 e. The van der Waals surface area contributed by atoms with Crippen LogP contribution in [0.15, 0.2) is 5.11 Å². The molecule has 0 aromatic heterocycles. The number of rotatable bonds is 22. The van der Waals surface area contributed by atoms with E-state index in [0.29, 0.717) is 0 Å². The van der Waals surface area contributed by atoms with Gasteiger partial charge in [-0.3, -0.25) is 0 Å². The molecular formula is C29H59N3O2Si. The molecule has 206 valence electrons. The first-order valence-corrected chi connectivity index (χ1v) is 17.9. The molecule has 1 fully saturated rings. The largest absolute Gasteiger partial charge is 0.413 e. The Morgan fingerprint density at radius 2 is 1.37 bits per heavy atom. The molecule has 0 radical (unpaired) electrons. The lowest BCUT2D eigenvalue weighted by Gasteiger charge is -2.40. The molecule has 0 unspecified atom stereocenters. The Kier molecular flexibility index (Phi) is 16.5. The van der Waals surface area contributed by atoms with E-state index < -0.39 is 14.4 Å². The van der Waals surface area contributed by atoms with Crippen LogP contribution in [-0.2, 0) is 4.43 Å². The molecule has 0 spiro atoms. The molecule has 35 heavy (non-hydrogen) atoms. The predicted molar refractivity (Wildman–Crippen MR) is 153 cm³/mol. The van der Waals surface area contributed by atoms with E-state index >= 15 is 0 Å². The van der Waals surface area contributed by atoms with Crippen molar-refractivity contribution in [3.8, 4) is 0 Å². The molecule has 0 aromatic rings. The summed E-state index contributed by atoms with van der Waals surface area (Å²) in [6.45, 7) is 13.3. The second-order valence-corrected chi connectivity index (χ2v) is 17.5. The Morgan fingerprint density at radius 1 is 0.886 bits per heavy atom. The van der Waals surface area contributed by atoms with Crippen LogP contribution in [0.1, 0.15) is 137 Å². The lowest BCUT2D eigenvalue weighted by atomic mass is 10.0. The van der Waals surface area contributed by atoms with E-state index in [-0.39, 0.29) is 17.7 Å². The zero-order valence-corrected chi connectivity index (χ0v) is 25.2. The summed E-state index contributed by atoms with van der Waals surface area (Å²) < 4.78 is 6.57. The van der Waals surface area contributed by atoms with Gasteiger partial charge in [0.1, 0.15) is 0 Å². The highest BCUT2D eigenvalue weighted by Gasteiger charge is 2.40. The highest BCUT2D eigenvalue weighted by molar-refractivity contribution is 6.74. The molecule has 1 saturated carbocycles. The van der Waals surface area contributed by atoms with Crippen molar-refractivity contribution in [1.29, 1.82) is 0 Å². The first-order chi connectivity index (χ1) is 16.7. The normalized spacial score (nSPS) is 19.9.